The first-order valence-electron chi connectivity index (χ1n) is 6.44. The molecule has 0 saturated carbocycles. The normalized spacial score (nSPS) is 21.8. The van der Waals surface area contributed by atoms with Gasteiger partial charge in [0.05, 0.1) is 0 Å². The van der Waals surface area contributed by atoms with Gasteiger partial charge in [0.25, 0.3) is 0 Å². The van der Waals surface area contributed by atoms with Gasteiger partial charge in [-0.3, -0.25) is 4.90 Å². The fourth-order valence-corrected chi connectivity index (χ4v) is 2.84. The largest absolute Gasteiger partial charge is 0.295 e. The molecule has 1 aliphatic rings. The number of rotatable bonds is 3. The summed E-state index contributed by atoms with van der Waals surface area (Å²) in [5.41, 5.74) is 0.549. The smallest absolute Gasteiger partial charge is 0.130 e. The SMILES string of the molecule is Fc1ccc(CN2CCCCCC2CCl)c(F)c1. The first kappa shape index (κ1) is 13.8. The van der Waals surface area contributed by atoms with Crippen molar-refractivity contribution >= 4 is 11.6 Å². The van der Waals surface area contributed by atoms with Crippen molar-refractivity contribution in [1.29, 1.82) is 0 Å². The van der Waals surface area contributed by atoms with E-state index < -0.39 is 11.6 Å². The Morgan fingerprint density at radius 2 is 2.06 bits per heavy atom. The third-order valence-electron chi connectivity index (χ3n) is 3.57. The zero-order chi connectivity index (χ0) is 13.0. The molecule has 0 bridgehead atoms. The van der Waals surface area contributed by atoms with E-state index in [1.807, 2.05) is 0 Å². The number of nitrogens with zero attached hydrogens (tertiary/aromatic N) is 1. The predicted molar refractivity (Wildman–Crippen MR) is 69.7 cm³/mol. The van der Waals surface area contributed by atoms with Gasteiger partial charge in [-0.05, 0) is 25.5 Å². The number of benzene rings is 1. The van der Waals surface area contributed by atoms with E-state index in [0.717, 1.165) is 25.5 Å². The molecule has 0 radical (unpaired) electrons. The average Bonchev–Trinajstić information content (AvgIpc) is 2.57. The Kier molecular flexibility index (Phi) is 4.95. The maximum atomic E-state index is 13.6. The highest BCUT2D eigenvalue weighted by atomic mass is 35.5. The van der Waals surface area contributed by atoms with Crippen LogP contribution in [0.1, 0.15) is 31.2 Å². The zero-order valence-electron chi connectivity index (χ0n) is 10.3. The summed E-state index contributed by atoms with van der Waals surface area (Å²) in [6.07, 6.45) is 4.57. The molecule has 100 valence electrons. The van der Waals surface area contributed by atoms with Crippen molar-refractivity contribution in [3.05, 3.63) is 35.4 Å². The van der Waals surface area contributed by atoms with E-state index in [4.69, 9.17) is 11.6 Å². The quantitative estimate of drug-likeness (QED) is 0.754. The van der Waals surface area contributed by atoms with Gasteiger partial charge >= 0.3 is 0 Å². The Morgan fingerprint density at radius 1 is 1.22 bits per heavy atom. The van der Waals surface area contributed by atoms with E-state index in [0.29, 0.717) is 24.0 Å². The van der Waals surface area contributed by atoms with Crippen molar-refractivity contribution in [3.8, 4) is 0 Å². The molecule has 1 atom stereocenters. The van der Waals surface area contributed by atoms with Gasteiger partial charge in [-0.25, -0.2) is 8.78 Å². The summed E-state index contributed by atoms with van der Waals surface area (Å²) in [5.74, 6) is -0.420. The lowest BCUT2D eigenvalue weighted by Crippen LogP contribution is -2.35. The van der Waals surface area contributed by atoms with Crippen LogP contribution >= 0.6 is 11.6 Å². The molecule has 2 rings (SSSR count). The van der Waals surface area contributed by atoms with E-state index in [2.05, 4.69) is 4.90 Å². The van der Waals surface area contributed by atoms with E-state index in [1.165, 1.54) is 25.0 Å². The number of hydrogen-bond acceptors (Lipinski definition) is 1. The van der Waals surface area contributed by atoms with Gasteiger partial charge < -0.3 is 0 Å². The molecular weight excluding hydrogens is 256 g/mol. The number of hydrogen-bond donors (Lipinski definition) is 0. The summed E-state index contributed by atoms with van der Waals surface area (Å²) < 4.78 is 26.5. The molecular formula is C14H18ClF2N. The monoisotopic (exact) mass is 273 g/mol. The predicted octanol–water partition coefficient (Wildman–Crippen LogP) is 3.95. The lowest BCUT2D eigenvalue weighted by molar-refractivity contribution is 0.204. The molecule has 1 unspecified atom stereocenters. The van der Waals surface area contributed by atoms with Crippen LogP contribution in [-0.2, 0) is 6.54 Å². The highest BCUT2D eigenvalue weighted by Crippen LogP contribution is 2.21. The Balaban J connectivity index is 2.10. The molecule has 1 nitrogen and oxygen atoms in total. The fraction of sp³-hybridized carbons (Fsp3) is 0.571. The van der Waals surface area contributed by atoms with Crippen molar-refractivity contribution in [2.24, 2.45) is 0 Å². The molecule has 18 heavy (non-hydrogen) atoms. The number of halogens is 3. The fourth-order valence-electron chi connectivity index (χ4n) is 2.49. The van der Waals surface area contributed by atoms with Crippen LogP contribution in [0.2, 0.25) is 0 Å². The number of likely N-dealkylation sites (tertiary alicyclic amines) is 1. The summed E-state index contributed by atoms with van der Waals surface area (Å²) in [7, 11) is 0. The maximum absolute atomic E-state index is 13.6. The summed E-state index contributed by atoms with van der Waals surface area (Å²) in [4.78, 5) is 2.22. The Labute approximate surface area is 112 Å². The molecule has 0 aliphatic carbocycles. The first-order valence-corrected chi connectivity index (χ1v) is 6.98. The van der Waals surface area contributed by atoms with Crippen LogP contribution in [0.25, 0.3) is 0 Å². The Morgan fingerprint density at radius 3 is 2.78 bits per heavy atom. The average molecular weight is 274 g/mol. The van der Waals surface area contributed by atoms with Crippen LogP contribution in [0, 0.1) is 11.6 Å². The molecule has 1 heterocycles. The second-order valence-corrected chi connectivity index (χ2v) is 5.17. The van der Waals surface area contributed by atoms with Gasteiger partial charge in [-0.15, -0.1) is 11.6 Å². The zero-order valence-corrected chi connectivity index (χ0v) is 11.1. The van der Waals surface area contributed by atoms with Crippen molar-refractivity contribution in [2.75, 3.05) is 12.4 Å². The van der Waals surface area contributed by atoms with E-state index >= 15 is 0 Å². The van der Waals surface area contributed by atoms with Crippen molar-refractivity contribution in [3.63, 3.8) is 0 Å². The third kappa shape index (κ3) is 3.42. The second-order valence-electron chi connectivity index (χ2n) is 4.86. The minimum atomic E-state index is -0.527. The molecule has 1 aromatic rings. The molecule has 4 heteroatoms. The van der Waals surface area contributed by atoms with Crippen LogP contribution in [0.15, 0.2) is 18.2 Å². The van der Waals surface area contributed by atoms with Crippen molar-refractivity contribution in [2.45, 2.75) is 38.3 Å². The summed E-state index contributed by atoms with van der Waals surface area (Å²) in [5, 5.41) is 0. The molecule has 0 N–H and O–H groups in total. The van der Waals surface area contributed by atoms with Crippen molar-refractivity contribution in [1.82, 2.24) is 4.90 Å². The van der Waals surface area contributed by atoms with Gasteiger partial charge in [0, 0.05) is 30.1 Å². The summed E-state index contributed by atoms with van der Waals surface area (Å²) >= 11 is 5.98. The minimum Gasteiger partial charge on any atom is -0.295 e. The molecule has 0 amide bonds. The van der Waals surface area contributed by atoms with Crippen LogP contribution in [0.5, 0.6) is 0 Å². The van der Waals surface area contributed by atoms with Crippen LogP contribution in [0.3, 0.4) is 0 Å². The van der Waals surface area contributed by atoms with Gasteiger partial charge in [0.1, 0.15) is 11.6 Å². The number of alkyl halides is 1. The molecule has 1 aromatic carbocycles. The summed E-state index contributed by atoms with van der Waals surface area (Å²) in [6.45, 7) is 1.46. The van der Waals surface area contributed by atoms with Crippen LogP contribution in [0.4, 0.5) is 8.78 Å². The highest BCUT2D eigenvalue weighted by molar-refractivity contribution is 6.18. The van der Waals surface area contributed by atoms with E-state index in [-0.39, 0.29) is 0 Å². The highest BCUT2D eigenvalue weighted by Gasteiger charge is 2.21. The van der Waals surface area contributed by atoms with Crippen molar-refractivity contribution < 1.29 is 8.78 Å². The molecule has 0 aromatic heterocycles. The van der Waals surface area contributed by atoms with Gasteiger partial charge in [-0.1, -0.05) is 18.9 Å². The second kappa shape index (κ2) is 6.48. The minimum absolute atomic E-state index is 0.304. The van der Waals surface area contributed by atoms with Crippen LogP contribution < -0.4 is 0 Å². The molecule has 1 aliphatic heterocycles. The molecule has 1 saturated heterocycles. The first-order chi connectivity index (χ1) is 8.70. The summed E-state index contributed by atoms with van der Waals surface area (Å²) in [6, 6.07) is 4.09. The molecule has 0 spiro atoms. The van der Waals surface area contributed by atoms with E-state index in [1.54, 1.807) is 0 Å². The van der Waals surface area contributed by atoms with Gasteiger partial charge in [-0.2, -0.15) is 0 Å². The Bertz CT molecular complexity index is 397. The topological polar surface area (TPSA) is 3.24 Å². The Hall–Kier alpha value is -0.670. The lowest BCUT2D eigenvalue weighted by Gasteiger charge is -2.28. The third-order valence-corrected chi connectivity index (χ3v) is 3.92. The van der Waals surface area contributed by atoms with Gasteiger partial charge in [0.2, 0.25) is 0 Å². The lowest BCUT2D eigenvalue weighted by atomic mass is 10.1. The van der Waals surface area contributed by atoms with E-state index in [9.17, 15) is 8.78 Å². The maximum Gasteiger partial charge on any atom is 0.130 e. The molecule has 1 fully saturated rings. The standard InChI is InChI=1S/C14H18ClF2N/c15-9-13-4-2-1-3-7-18(13)10-11-5-6-12(16)8-14(11)17/h5-6,8,13H,1-4,7,9-10H2. The van der Waals surface area contributed by atoms with Crippen LogP contribution in [-0.4, -0.2) is 23.4 Å². The van der Waals surface area contributed by atoms with Gasteiger partial charge in [0.15, 0.2) is 0 Å².